The number of aromatic nitrogens is 4. The van der Waals surface area contributed by atoms with Crippen molar-refractivity contribution in [2.75, 3.05) is 0 Å². The van der Waals surface area contributed by atoms with Crippen molar-refractivity contribution >= 4 is 0 Å². The summed E-state index contributed by atoms with van der Waals surface area (Å²) in [7, 11) is 1.96. The van der Waals surface area contributed by atoms with Gasteiger partial charge in [0.15, 0.2) is 0 Å². The van der Waals surface area contributed by atoms with Crippen molar-refractivity contribution in [1.82, 2.24) is 19.6 Å². The Kier molecular flexibility index (Phi) is 4.37. The highest BCUT2D eigenvalue weighted by Gasteiger charge is 2.14. The van der Waals surface area contributed by atoms with E-state index >= 15 is 0 Å². The minimum atomic E-state index is 0.0302. The highest BCUT2D eigenvalue weighted by molar-refractivity contribution is 5.15. The highest BCUT2D eigenvalue weighted by Crippen LogP contribution is 2.18. The molecule has 2 N–H and O–H groups in total. The Morgan fingerprint density at radius 1 is 1.37 bits per heavy atom. The molecule has 0 aliphatic heterocycles. The maximum atomic E-state index is 6.32. The third kappa shape index (κ3) is 3.04. The molecular formula is C14H23N5. The van der Waals surface area contributed by atoms with Crippen LogP contribution in [0.5, 0.6) is 0 Å². The van der Waals surface area contributed by atoms with E-state index in [0.717, 1.165) is 37.2 Å². The molecule has 5 heteroatoms. The van der Waals surface area contributed by atoms with Gasteiger partial charge in [-0.1, -0.05) is 6.92 Å². The van der Waals surface area contributed by atoms with Crippen LogP contribution in [0.25, 0.3) is 0 Å². The molecule has 0 aromatic carbocycles. The number of hydrogen-bond acceptors (Lipinski definition) is 3. The van der Waals surface area contributed by atoms with Gasteiger partial charge in [-0.2, -0.15) is 10.2 Å². The summed E-state index contributed by atoms with van der Waals surface area (Å²) in [6.45, 7) is 5.09. The predicted octanol–water partition coefficient (Wildman–Crippen LogP) is 1.83. The summed E-state index contributed by atoms with van der Waals surface area (Å²) in [5, 5.41) is 8.73. The van der Waals surface area contributed by atoms with E-state index < -0.39 is 0 Å². The van der Waals surface area contributed by atoms with Gasteiger partial charge in [0.05, 0.1) is 11.4 Å². The summed E-state index contributed by atoms with van der Waals surface area (Å²) in [5.41, 5.74) is 9.79. The van der Waals surface area contributed by atoms with Gasteiger partial charge in [-0.25, -0.2) is 0 Å². The summed E-state index contributed by atoms with van der Waals surface area (Å²) in [6.07, 6.45) is 4.63. The average molecular weight is 261 g/mol. The molecule has 2 aromatic rings. The van der Waals surface area contributed by atoms with Crippen molar-refractivity contribution in [1.29, 1.82) is 0 Å². The minimum Gasteiger partial charge on any atom is -0.323 e. The molecule has 0 amide bonds. The van der Waals surface area contributed by atoms with E-state index in [2.05, 4.69) is 30.1 Å². The lowest BCUT2D eigenvalue weighted by atomic mass is 10.1. The first kappa shape index (κ1) is 13.8. The van der Waals surface area contributed by atoms with Crippen molar-refractivity contribution in [2.45, 2.75) is 45.7 Å². The van der Waals surface area contributed by atoms with Gasteiger partial charge in [-0.05, 0) is 38.3 Å². The lowest BCUT2D eigenvalue weighted by Crippen LogP contribution is -2.17. The smallest absolute Gasteiger partial charge is 0.0625 e. The molecule has 19 heavy (non-hydrogen) atoms. The van der Waals surface area contributed by atoms with E-state index in [1.54, 1.807) is 0 Å². The molecule has 1 unspecified atom stereocenters. The Labute approximate surface area is 114 Å². The largest absolute Gasteiger partial charge is 0.323 e. The molecule has 0 fully saturated rings. The molecule has 2 rings (SSSR count). The third-order valence-electron chi connectivity index (χ3n) is 3.54. The summed E-state index contributed by atoms with van der Waals surface area (Å²) in [4.78, 5) is 0. The predicted molar refractivity (Wildman–Crippen MR) is 75.7 cm³/mol. The molecule has 5 nitrogen and oxygen atoms in total. The molecule has 0 saturated carbocycles. The van der Waals surface area contributed by atoms with Crippen LogP contribution in [0.15, 0.2) is 18.3 Å². The number of aryl methyl sites for hydroxylation is 4. The first-order chi connectivity index (χ1) is 9.15. The quantitative estimate of drug-likeness (QED) is 0.863. The summed E-state index contributed by atoms with van der Waals surface area (Å²) >= 11 is 0. The van der Waals surface area contributed by atoms with Gasteiger partial charge in [-0.15, -0.1) is 0 Å². The maximum Gasteiger partial charge on any atom is 0.0625 e. The van der Waals surface area contributed by atoms with E-state index in [0.29, 0.717) is 0 Å². The second-order valence-corrected chi connectivity index (χ2v) is 4.82. The Bertz CT molecular complexity index is 526. The molecule has 0 bridgehead atoms. The van der Waals surface area contributed by atoms with Gasteiger partial charge in [-0.3, -0.25) is 9.36 Å². The number of hydrogen-bond donors (Lipinski definition) is 1. The Morgan fingerprint density at radius 3 is 2.74 bits per heavy atom. The zero-order chi connectivity index (χ0) is 13.8. The summed E-state index contributed by atoms with van der Waals surface area (Å²) < 4.78 is 3.92. The van der Waals surface area contributed by atoms with Crippen LogP contribution in [0.3, 0.4) is 0 Å². The van der Waals surface area contributed by atoms with Gasteiger partial charge < -0.3 is 5.73 Å². The molecule has 2 aromatic heterocycles. The van der Waals surface area contributed by atoms with Gasteiger partial charge in [0.25, 0.3) is 0 Å². The van der Waals surface area contributed by atoms with E-state index in [-0.39, 0.29) is 6.04 Å². The Morgan fingerprint density at radius 2 is 2.16 bits per heavy atom. The van der Waals surface area contributed by atoms with Gasteiger partial charge in [0.1, 0.15) is 0 Å². The van der Waals surface area contributed by atoms with Crippen LogP contribution in [0.1, 0.15) is 43.4 Å². The molecule has 0 saturated heterocycles. The fourth-order valence-electron chi connectivity index (χ4n) is 2.31. The highest BCUT2D eigenvalue weighted by atomic mass is 15.3. The van der Waals surface area contributed by atoms with Crippen LogP contribution in [-0.4, -0.2) is 19.6 Å². The van der Waals surface area contributed by atoms with Crippen LogP contribution in [0, 0.1) is 0 Å². The van der Waals surface area contributed by atoms with Gasteiger partial charge in [0.2, 0.25) is 0 Å². The zero-order valence-electron chi connectivity index (χ0n) is 12.0. The van der Waals surface area contributed by atoms with Crippen molar-refractivity contribution < 1.29 is 0 Å². The minimum absolute atomic E-state index is 0.0302. The molecule has 1 atom stereocenters. The van der Waals surface area contributed by atoms with Crippen LogP contribution in [-0.2, 0) is 26.4 Å². The van der Waals surface area contributed by atoms with E-state index in [9.17, 15) is 0 Å². The Hall–Kier alpha value is -1.62. The van der Waals surface area contributed by atoms with Crippen molar-refractivity contribution in [2.24, 2.45) is 12.8 Å². The second kappa shape index (κ2) is 6.02. The topological polar surface area (TPSA) is 61.7 Å². The van der Waals surface area contributed by atoms with Crippen molar-refractivity contribution in [3.8, 4) is 0 Å². The van der Waals surface area contributed by atoms with Gasteiger partial charge >= 0.3 is 0 Å². The lowest BCUT2D eigenvalue weighted by Gasteiger charge is -2.13. The van der Waals surface area contributed by atoms with E-state index in [1.165, 1.54) is 5.69 Å². The maximum absolute atomic E-state index is 6.32. The Balaban J connectivity index is 2.05. The fourth-order valence-corrected chi connectivity index (χ4v) is 2.31. The van der Waals surface area contributed by atoms with E-state index in [1.807, 2.05) is 28.7 Å². The SMILES string of the molecule is CCc1cc(C(N)CCc2ccnn2C)n(CC)n1. The molecule has 0 aliphatic carbocycles. The fraction of sp³-hybridized carbons (Fsp3) is 0.571. The molecule has 104 valence electrons. The number of nitrogens with two attached hydrogens (primary N) is 1. The van der Waals surface area contributed by atoms with Crippen LogP contribution in [0.4, 0.5) is 0 Å². The first-order valence-corrected chi connectivity index (χ1v) is 6.94. The standard InChI is InChI=1S/C14H23N5/c1-4-11-10-14(19(5-2)17-11)13(15)7-6-12-8-9-16-18(12)3/h8-10,13H,4-7,15H2,1-3H3. The van der Waals surface area contributed by atoms with Crippen LogP contribution < -0.4 is 5.73 Å². The molecule has 0 spiro atoms. The average Bonchev–Trinajstić information content (AvgIpc) is 3.01. The van der Waals surface area contributed by atoms with Crippen LogP contribution >= 0.6 is 0 Å². The molecule has 0 aliphatic rings. The monoisotopic (exact) mass is 261 g/mol. The zero-order valence-corrected chi connectivity index (χ0v) is 12.0. The number of nitrogens with zero attached hydrogens (tertiary/aromatic N) is 4. The first-order valence-electron chi connectivity index (χ1n) is 6.94. The second-order valence-electron chi connectivity index (χ2n) is 4.82. The van der Waals surface area contributed by atoms with E-state index in [4.69, 9.17) is 5.73 Å². The van der Waals surface area contributed by atoms with Gasteiger partial charge in [0, 0.05) is 31.5 Å². The molecular weight excluding hydrogens is 238 g/mol. The molecule has 2 heterocycles. The van der Waals surface area contributed by atoms with Crippen LogP contribution in [0.2, 0.25) is 0 Å². The normalized spacial score (nSPS) is 12.8. The van der Waals surface area contributed by atoms with Crippen molar-refractivity contribution in [3.05, 3.63) is 35.4 Å². The lowest BCUT2D eigenvalue weighted by molar-refractivity contribution is 0.537. The summed E-state index contributed by atoms with van der Waals surface area (Å²) in [5.74, 6) is 0. The summed E-state index contributed by atoms with van der Waals surface area (Å²) in [6, 6.07) is 4.21. The molecule has 0 radical (unpaired) electrons. The third-order valence-corrected chi connectivity index (χ3v) is 3.54. The van der Waals surface area contributed by atoms with Crippen molar-refractivity contribution in [3.63, 3.8) is 0 Å². The number of rotatable bonds is 6.